The first-order valence-corrected chi connectivity index (χ1v) is 10.1. The molecule has 0 aliphatic carbocycles. The molecule has 0 fully saturated rings. The predicted octanol–water partition coefficient (Wildman–Crippen LogP) is 3.36. The van der Waals surface area contributed by atoms with Crippen LogP contribution in [0.15, 0.2) is 36.2 Å². The first-order chi connectivity index (χ1) is 13.7. The molecule has 4 heterocycles. The highest BCUT2D eigenvalue weighted by atomic mass is 32.1. The van der Waals surface area contributed by atoms with Gasteiger partial charge in [0.1, 0.15) is 0 Å². The largest absolute Gasteiger partial charge is 0.380 e. The van der Waals surface area contributed by atoms with E-state index in [0.717, 1.165) is 59.7 Å². The Labute approximate surface area is 167 Å². The molecule has 4 aromatic heterocycles. The molecule has 4 aromatic rings. The van der Waals surface area contributed by atoms with E-state index in [9.17, 15) is 0 Å². The van der Waals surface area contributed by atoms with Crippen molar-refractivity contribution < 1.29 is 4.74 Å². The number of aromatic amines is 1. The van der Waals surface area contributed by atoms with Crippen LogP contribution in [-0.2, 0) is 11.3 Å². The van der Waals surface area contributed by atoms with Crippen molar-refractivity contribution in [1.29, 1.82) is 0 Å². The monoisotopic (exact) mass is 397 g/mol. The van der Waals surface area contributed by atoms with Crippen LogP contribution in [0.1, 0.15) is 18.2 Å². The first kappa shape index (κ1) is 18.6. The fraction of sp³-hybridized carbons (Fsp3) is 0.316. The zero-order chi connectivity index (χ0) is 19.3. The number of rotatable bonds is 9. The summed E-state index contributed by atoms with van der Waals surface area (Å²) < 4.78 is 7.38. The Hall–Kier alpha value is -2.75. The Morgan fingerprint density at radius 2 is 2.25 bits per heavy atom. The van der Waals surface area contributed by atoms with E-state index in [-0.39, 0.29) is 0 Å². The van der Waals surface area contributed by atoms with Gasteiger partial charge in [0.2, 0.25) is 0 Å². The molecule has 0 saturated carbocycles. The number of imidazole rings is 1. The van der Waals surface area contributed by atoms with Gasteiger partial charge in [0, 0.05) is 37.7 Å². The summed E-state index contributed by atoms with van der Waals surface area (Å²) in [4.78, 5) is 9.22. The quantitative estimate of drug-likeness (QED) is 0.375. The Bertz CT molecular complexity index is 1040. The van der Waals surface area contributed by atoms with Crippen molar-refractivity contribution in [3.63, 3.8) is 0 Å². The molecular weight excluding hydrogens is 374 g/mol. The minimum Gasteiger partial charge on any atom is -0.380 e. The Morgan fingerprint density at radius 1 is 1.32 bits per heavy atom. The van der Waals surface area contributed by atoms with Crippen molar-refractivity contribution >= 4 is 27.8 Å². The van der Waals surface area contributed by atoms with Gasteiger partial charge in [0.15, 0.2) is 11.5 Å². The maximum Gasteiger partial charge on any atom is 0.180 e. The molecule has 0 aromatic carbocycles. The fourth-order valence-electron chi connectivity index (χ4n) is 2.97. The average molecular weight is 398 g/mol. The fourth-order valence-corrected chi connectivity index (χ4v) is 3.77. The number of fused-ring (bicyclic) bond motifs is 1. The number of H-pyrrole nitrogens is 1. The Balaban J connectivity index is 1.51. The van der Waals surface area contributed by atoms with Gasteiger partial charge in [-0.05, 0) is 30.9 Å². The number of aromatic nitrogens is 5. The lowest BCUT2D eigenvalue weighted by Crippen LogP contribution is -2.18. The number of hydrogen-bond donors (Lipinski definition) is 3. The van der Waals surface area contributed by atoms with Crippen molar-refractivity contribution in [3.05, 3.63) is 47.5 Å². The van der Waals surface area contributed by atoms with Crippen LogP contribution < -0.4 is 10.6 Å². The van der Waals surface area contributed by atoms with Crippen LogP contribution in [-0.4, -0.2) is 44.3 Å². The highest BCUT2D eigenvalue weighted by Gasteiger charge is 2.13. The first-order valence-electron chi connectivity index (χ1n) is 9.21. The molecule has 0 aliphatic heterocycles. The number of hydrogen-bond acceptors (Lipinski definition) is 7. The number of ether oxygens (including phenoxy) is 1. The molecule has 3 N–H and O–H groups in total. The number of anilines is 2. The van der Waals surface area contributed by atoms with Crippen LogP contribution >= 0.6 is 11.3 Å². The summed E-state index contributed by atoms with van der Waals surface area (Å²) in [6.45, 7) is 7.13. The number of thiophene rings is 1. The molecule has 0 aliphatic rings. The third-order valence-electron chi connectivity index (χ3n) is 4.26. The molecular formula is C19H23N7OS. The second kappa shape index (κ2) is 8.51. The van der Waals surface area contributed by atoms with E-state index in [1.807, 2.05) is 36.8 Å². The second-order valence-corrected chi connectivity index (χ2v) is 7.28. The number of aryl methyl sites for hydroxylation is 1. The molecule has 0 radical (unpaired) electrons. The second-order valence-electron chi connectivity index (χ2n) is 6.37. The van der Waals surface area contributed by atoms with Crippen LogP contribution in [0.5, 0.6) is 0 Å². The zero-order valence-corrected chi connectivity index (χ0v) is 16.7. The summed E-state index contributed by atoms with van der Waals surface area (Å²) in [5.74, 6) is 0.743. The summed E-state index contributed by atoms with van der Waals surface area (Å²) >= 11 is 1.66. The maximum absolute atomic E-state index is 5.34. The van der Waals surface area contributed by atoms with Gasteiger partial charge >= 0.3 is 0 Å². The SMILES string of the molecule is CCOCCNCc1csc(Nc2nc(C)cn3c(-c4cn[nH]c4)cnc23)c1. The van der Waals surface area contributed by atoms with Crippen LogP contribution in [0.2, 0.25) is 0 Å². The zero-order valence-electron chi connectivity index (χ0n) is 15.9. The Morgan fingerprint density at radius 3 is 3.07 bits per heavy atom. The third-order valence-corrected chi connectivity index (χ3v) is 5.15. The van der Waals surface area contributed by atoms with E-state index in [1.165, 1.54) is 5.56 Å². The molecule has 146 valence electrons. The molecule has 0 saturated heterocycles. The number of nitrogens with one attached hydrogen (secondary N) is 3. The summed E-state index contributed by atoms with van der Waals surface area (Å²) in [6, 6.07) is 2.14. The third kappa shape index (κ3) is 4.06. The lowest BCUT2D eigenvalue weighted by molar-refractivity contribution is 0.149. The van der Waals surface area contributed by atoms with Crippen molar-refractivity contribution in [3.8, 4) is 11.3 Å². The van der Waals surface area contributed by atoms with Crippen LogP contribution in [0, 0.1) is 6.92 Å². The lowest BCUT2D eigenvalue weighted by atomic mass is 10.3. The topological polar surface area (TPSA) is 92.2 Å². The highest BCUT2D eigenvalue weighted by molar-refractivity contribution is 7.14. The van der Waals surface area contributed by atoms with Gasteiger partial charge in [0.05, 0.1) is 35.4 Å². The van der Waals surface area contributed by atoms with Gasteiger partial charge in [-0.2, -0.15) is 5.10 Å². The summed E-state index contributed by atoms with van der Waals surface area (Å²) in [6.07, 6.45) is 7.47. The Kier molecular flexibility index (Phi) is 5.65. The maximum atomic E-state index is 5.34. The van der Waals surface area contributed by atoms with Gasteiger partial charge < -0.3 is 15.4 Å². The smallest absolute Gasteiger partial charge is 0.180 e. The molecule has 4 rings (SSSR count). The predicted molar refractivity (Wildman–Crippen MR) is 111 cm³/mol. The van der Waals surface area contributed by atoms with E-state index in [0.29, 0.717) is 0 Å². The van der Waals surface area contributed by atoms with Crippen molar-refractivity contribution in [2.45, 2.75) is 20.4 Å². The molecule has 9 heteroatoms. The average Bonchev–Trinajstić information content (AvgIpc) is 3.41. The molecule has 0 atom stereocenters. The van der Waals surface area contributed by atoms with Gasteiger partial charge in [-0.15, -0.1) is 11.3 Å². The normalized spacial score (nSPS) is 11.4. The van der Waals surface area contributed by atoms with Crippen LogP contribution in [0.3, 0.4) is 0 Å². The minimum atomic E-state index is 0.732. The van der Waals surface area contributed by atoms with Crippen molar-refractivity contribution in [1.82, 2.24) is 29.9 Å². The van der Waals surface area contributed by atoms with Gasteiger partial charge in [0.25, 0.3) is 0 Å². The summed E-state index contributed by atoms with van der Waals surface area (Å²) in [7, 11) is 0. The van der Waals surface area contributed by atoms with E-state index in [2.05, 4.69) is 42.2 Å². The lowest BCUT2D eigenvalue weighted by Gasteiger charge is -2.07. The summed E-state index contributed by atoms with van der Waals surface area (Å²) in [5.41, 5.74) is 4.89. The van der Waals surface area contributed by atoms with E-state index in [1.54, 1.807) is 17.5 Å². The molecule has 8 nitrogen and oxygen atoms in total. The van der Waals surface area contributed by atoms with Crippen LogP contribution in [0.25, 0.3) is 16.9 Å². The van der Waals surface area contributed by atoms with E-state index < -0.39 is 0 Å². The molecule has 0 bridgehead atoms. The minimum absolute atomic E-state index is 0.732. The van der Waals surface area contributed by atoms with E-state index in [4.69, 9.17) is 4.74 Å². The number of nitrogens with zero attached hydrogens (tertiary/aromatic N) is 4. The molecule has 28 heavy (non-hydrogen) atoms. The van der Waals surface area contributed by atoms with Crippen LogP contribution in [0.4, 0.5) is 10.8 Å². The summed E-state index contributed by atoms with van der Waals surface area (Å²) in [5, 5.41) is 16.9. The van der Waals surface area contributed by atoms with E-state index >= 15 is 0 Å². The van der Waals surface area contributed by atoms with Gasteiger partial charge in [-0.1, -0.05) is 0 Å². The van der Waals surface area contributed by atoms with Crippen molar-refractivity contribution in [2.75, 3.05) is 25.1 Å². The standard InChI is InChI=1S/C19H23N7OS/c1-3-27-5-4-20-7-14-6-17(28-12-14)25-18-19-21-10-16(15-8-22-23-9-15)26(19)11-13(2)24-18/h6,8-12,20H,3-5,7H2,1-2H3,(H,22,23)(H,24,25). The highest BCUT2D eigenvalue weighted by Crippen LogP contribution is 2.28. The van der Waals surface area contributed by atoms with Crippen molar-refractivity contribution in [2.24, 2.45) is 0 Å². The molecule has 0 spiro atoms. The van der Waals surface area contributed by atoms with Gasteiger partial charge in [-0.25, -0.2) is 9.97 Å². The molecule has 0 unspecified atom stereocenters. The molecule has 0 amide bonds. The van der Waals surface area contributed by atoms with Gasteiger partial charge in [-0.3, -0.25) is 9.50 Å².